The highest BCUT2D eigenvalue weighted by molar-refractivity contribution is 5.93. The zero-order valence-corrected chi connectivity index (χ0v) is 11.7. The molecule has 0 aromatic heterocycles. The summed E-state index contributed by atoms with van der Waals surface area (Å²) in [6.45, 7) is 2.14. The number of nitrogens with zero attached hydrogens (tertiary/aromatic N) is 1. The molecule has 1 aromatic carbocycles. The molecule has 1 aliphatic rings. The number of carbonyl (C=O) groups excluding carboxylic acids is 1. The maximum Gasteiger partial charge on any atom is 0.229 e. The summed E-state index contributed by atoms with van der Waals surface area (Å²) < 4.78 is 5.37. The lowest BCUT2D eigenvalue weighted by Crippen LogP contribution is -2.30. The lowest BCUT2D eigenvalue weighted by molar-refractivity contribution is -0.123. The van der Waals surface area contributed by atoms with Crippen LogP contribution in [0.25, 0.3) is 0 Å². The number of hydrogen-bond donors (Lipinski definition) is 1. The van der Waals surface area contributed by atoms with Gasteiger partial charge in [-0.05, 0) is 38.6 Å². The van der Waals surface area contributed by atoms with Crippen molar-refractivity contribution in [2.45, 2.75) is 19.4 Å². The molecule has 1 fully saturated rings. The Morgan fingerprint density at radius 2 is 2.21 bits per heavy atom. The van der Waals surface area contributed by atoms with E-state index in [0.29, 0.717) is 6.61 Å². The van der Waals surface area contributed by atoms with Crippen molar-refractivity contribution in [2.75, 3.05) is 32.6 Å². The van der Waals surface area contributed by atoms with Crippen LogP contribution in [0.1, 0.15) is 18.4 Å². The second kappa shape index (κ2) is 6.68. The first-order valence-corrected chi connectivity index (χ1v) is 6.78. The van der Waals surface area contributed by atoms with Crippen molar-refractivity contribution in [1.82, 2.24) is 4.90 Å². The van der Waals surface area contributed by atoms with Gasteiger partial charge in [0.05, 0.1) is 12.5 Å². The van der Waals surface area contributed by atoms with Gasteiger partial charge in [0.2, 0.25) is 5.91 Å². The second-order valence-corrected chi connectivity index (χ2v) is 5.30. The van der Waals surface area contributed by atoms with Crippen molar-refractivity contribution in [3.63, 3.8) is 0 Å². The van der Waals surface area contributed by atoms with Crippen LogP contribution >= 0.6 is 0 Å². The molecular weight excluding hydrogens is 240 g/mol. The summed E-state index contributed by atoms with van der Waals surface area (Å²) in [6.07, 6.45) is 1.89. The topological polar surface area (TPSA) is 41.6 Å². The molecule has 1 heterocycles. The Labute approximate surface area is 114 Å². The zero-order valence-electron chi connectivity index (χ0n) is 11.7. The predicted molar refractivity (Wildman–Crippen MR) is 76.0 cm³/mol. The maximum atomic E-state index is 12.2. The average molecular weight is 262 g/mol. The number of para-hydroxylation sites is 1. The molecule has 0 aliphatic carbocycles. The minimum Gasteiger partial charge on any atom is -0.381 e. The van der Waals surface area contributed by atoms with Crippen LogP contribution in [-0.4, -0.2) is 38.1 Å². The summed E-state index contributed by atoms with van der Waals surface area (Å²) in [7, 11) is 4.04. The van der Waals surface area contributed by atoms with Gasteiger partial charge in [-0.2, -0.15) is 0 Å². The molecule has 0 spiro atoms. The SMILES string of the molecule is CN(C)Cc1ccccc1NC(=O)[C@H]1CCCOC1. The standard InChI is InChI=1S/C15H22N2O2/c1-17(2)10-12-6-3-4-8-14(12)16-15(18)13-7-5-9-19-11-13/h3-4,6,8,13H,5,7,9-11H2,1-2H3,(H,16,18)/t13-/m0/s1. The van der Waals surface area contributed by atoms with Gasteiger partial charge in [-0.25, -0.2) is 0 Å². The van der Waals surface area contributed by atoms with Gasteiger partial charge in [0.15, 0.2) is 0 Å². The van der Waals surface area contributed by atoms with Gasteiger partial charge in [-0.1, -0.05) is 18.2 Å². The average Bonchev–Trinajstić information content (AvgIpc) is 2.41. The van der Waals surface area contributed by atoms with Crippen LogP contribution in [0.2, 0.25) is 0 Å². The van der Waals surface area contributed by atoms with E-state index >= 15 is 0 Å². The Hall–Kier alpha value is -1.39. The first kappa shape index (κ1) is 14.0. The zero-order chi connectivity index (χ0) is 13.7. The lowest BCUT2D eigenvalue weighted by Gasteiger charge is -2.22. The molecule has 1 N–H and O–H groups in total. The highest BCUT2D eigenvalue weighted by Gasteiger charge is 2.22. The molecule has 0 bridgehead atoms. The van der Waals surface area contributed by atoms with Crippen LogP contribution in [0.5, 0.6) is 0 Å². The largest absolute Gasteiger partial charge is 0.381 e. The van der Waals surface area contributed by atoms with E-state index < -0.39 is 0 Å². The third-order valence-electron chi connectivity index (χ3n) is 3.29. The summed E-state index contributed by atoms with van der Waals surface area (Å²) in [5.74, 6) is 0.0621. The molecule has 0 radical (unpaired) electrons. The fourth-order valence-corrected chi connectivity index (χ4v) is 2.30. The molecule has 2 rings (SSSR count). The summed E-state index contributed by atoms with van der Waals surface area (Å²) in [4.78, 5) is 14.3. The normalized spacial score (nSPS) is 19.4. The number of anilines is 1. The van der Waals surface area contributed by atoms with Crippen LogP contribution in [0.3, 0.4) is 0 Å². The van der Waals surface area contributed by atoms with Crippen molar-refractivity contribution in [3.05, 3.63) is 29.8 Å². The van der Waals surface area contributed by atoms with Crippen LogP contribution in [0, 0.1) is 5.92 Å². The number of ether oxygens (including phenoxy) is 1. The Kier molecular flexibility index (Phi) is 4.93. The smallest absolute Gasteiger partial charge is 0.229 e. The molecule has 4 heteroatoms. The quantitative estimate of drug-likeness (QED) is 0.903. The van der Waals surface area contributed by atoms with E-state index in [-0.39, 0.29) is 11.8 Å². The van der Waals surface area contributed by atoms with Crippen molar-refractivity contribution < 1.29 is 9.53 Å². The lowest BCUT2D eigenvalue weighted by atomic mass is 10.0. The first-order valence-electron chi connectivity index (χ1n) is 6.78. The number of rotatable bonds is 4. The van der Waals surface area contributed by atoms with Gasteiger partial charge in [0.1, 0.15) is 0 Å². The number of amides is 1. The summed E-state index contributed by atoms with van der Waals surface area (Å²) in [6, 6.07) is 7.96. The van der Waals surface area contributed by atoms with Gasteiger partial charge < -0.3 is 15.0 Å². The van der Waals surface area contributed by atoms with Crippen LogP contribution < -0.4 is 5.32 Å². The fourth-order valence-electron chi connectivity index (χ4n) is 2.30. The number of benzene rings is 1. The minimum atomic E-state index is -0.0128. The molecule has 0 saturated carbocycles. The summed E-state index contributed by atoms with van der Waals surface area (Å²) in [5, 5.41) is 3.04. The second-order valence-electron chi connectivity index (χ2n) is 5.30. The van der Waals surface area contributed by atoms with E-state index in [0.717, 1.165) is 37.2 Å². The highest BCUT2D eigenvalue weighted by Crippen LogP contribution is 2.20. The molecule has 1 saturated heterocycles. The van der Waals surface area contributed by atoms with Crippen LogP contribution in [-0.2, 0) is 16.1 Å². The van der Waals surface area contributed by atoms with E-state index in [9.17, 15) is 4.79 Å². The van der Waals surface area contributed by atoms with Crippen LogP contribution in [0.15, 0.2) is 24.3 Å². The molecule has 19 heavy (non-hydrogen) atoms. The molecule has 1 aromatic rings. The van der Waals surface area contributed by atoms with Gasteiger partial charge in [-0.15, -0.1) is 0 Å². The van der Waals surface area contributed by atoms with E-state index in [4.69, 9.17) is 4.74 Å². The first-order chi connectivity index (χ1) is 9.16. The van der Waals surface area contributed by atoms with Crippen LogP contribution in [0.4, 0.5) is 5.69 Å². The minimum absolute atomic E-state index is 0.0128. The summed E-state index contributed by atoms with van der Waals surface area (Å²) in [5.41, 5.74) is 2.05. The van der Waals surface area contributed by atoms with Crippen molar-refractivity contribution in [3.8, 4) is 0 Å². The maximum absolute atomic E-state index is 12.2. The van der Waals surface area contributed by atoms with Gasteiger partial charge >= 0.3 is 0 Å². The Bertz CT molecular complexity index is 426. The van der Waals surface area contributed by atoms with Gasteiger partial charge in [0.25, 0.3) is 0 Å². The summed E-state index contributed by atoms with van der Waals surface area (Å²) >= 11 is 0. The number of nitrogens with one attached hydrogen (secondary N) is 1. The highest BCUT2D eigenvalue weighted by atomic mass is 16.5. The third kappa shape index (κ3) is 4.04. The molecular formula is C15H22N2O2. The molecule has 1 amide bonds. The van der Waals surface area contributed by atoms with Crippen molar-refractivity contribution >= 4 is 11.6 Å². The Balaban J connectivity index is 2.03. The number of carbonyl (C=O) groups is 1. The molecule has 104 valence electrons. The third-order valence-corrected chi connectivity index (χ3v) is 3.29. The van der Waals surface area contributed by atoms with Gasteiger partial charge in [0, 0.05) is 18.8 Å². The number of hydrogen-bond acceptors (Lipinski definition) is 3. The van der Waals surface area contributed by atoms with Crippen molar-refractivity contribution in [2.24, 2.45) is 5.92 Å². The molecule has 0 unspecified atom stereocenters. The van der Waals surface area contributed by atoms with E-state index in [1.807, 2.05) is 38.4 Å². The van der Waals surface area contributed by atoms with E-state index in [1.54, 1.807) is 0 Å². The fraction of sp³-hybridized carbons (Fsp3) is 0.533. The predicted octanol–water partition coefficient (Wildman–Crippen LogP) is 2.11. The van der Waals surface area contributed by atoms with Gasteiger partial charge in [-0.3, -0.25) is 4.79 Å². The monoisotopic (exact) mass is 262 g/mol. The van der Waals surface area contributed by atoms with Crippen molar-refractivity contribution in [1.29, 1.82) is 0 Å². The Morgan fingerprint density at radius 1 is 1.42 bits per heavy atom. The molecule has 1 atom stereocenters. The molecule has 4 nitrogen and oxygen atoms in total. The molecule has 1 aliphatic heterocycles. The van der Waals surface area contributed by atoms with E-state index in [2.05, 4.69) is 10.2 Å². The van der Waals surface area contributed by atoms with E-state index in [1.165, 1.54) is 0 Å². The Morgan fingerprint density at radius 3 is 2.89 bits per heavy atom.